The number of ether oxygens (including phenoxy) is 1. The van der Waals surface area contributed by atoms with Gasteiger partial charge in [0.15, 0.2) is 6.67 Å². The maximum absolute atomic E-state index is 12.1. The van der Waals surface area contributed by atoms with E-state index in [9.17, 15) is 4.79 Å². The molecular formula is C19H27N4O2S+. The highest BCUT2D eigenvalue weighted by atomic mass is 32.1. The van der Waals surface area contributed by atoms with Crippen LogP contribution in [0.1, 0.15) is 31.2 Å². The fourth-order valence-electron chi connectivity index (χ4n) is 3.68. The van der Waals surface area contributed by atoms with E-state index in [1.165, 1.54) is 10.5 Å². The minimum atomic E-state index is -0.0742. The lowest BCUT2D eigenvalue weighted by atomic mass is 9.99. The Morgan fingerprint density at radius 1 is 1.38 bits per heavy atom. The number of nitrogens with one attached hydrogen (secondary N) is 1. The third-order valence-corrected chi connectivity index (χ3v) is 5.36. The van der Waals surface area contributed by atoms with Gasteiger partial charge in [0, 0.05) is 0 Å². The molecule has 3 rings (SSSR count). The van der Waals surface area contributed by atoms with Crippen molar-refractivity contribution < 1.29 is 14.4 Å². The Labute approximate surface area is 159 Å². The van der Waals surface area contributed by atoms with Crippen molar-refractivity contribution in [3.8, 4) is 5.69 Å². The quantitative estimate of drug-likeness (QED) is 0.640. The molecule has 2 aromatic rings. The normalized spacial score (nSPS) is 20.1. The van der Waals surface area contributed by atoms with Gasteiger partial charge in [-0.25, -0.2) is 0 Å². The predicted molar refractivity (Wildman–Crippen MR) is 102 cm³/mol. The van der Waals surface area contributed by atoms with E-state index < -0.39 is 0 Å². The minimum absolute atomic E-state index is 0.0209. The summed E-state index contributed by atoms with van der Waals surface area (Å²) in [6.07, 6.45) is 1.92. The van der Waals surface area contributed by atoms with Gasteiger partial charge in [-0.2, -0.15) is 9.78 Å². The molecule has 0 aliphatic carbocycles. The first-order valence-corrected chi connectivity index (χ1v) is 9.64. The molecule has 0 spiro atoms. The molecule has 1 unspecified atom stereocenters. The number of carbonyl (C=O) groups excluding carboxylic acids is 1. The molecule has 140 valence electrons. The van der Waals surface area contributed by atoms with Gasteiger partial charge >= 0.3 is 5.97 Å². The second-order valence-corrected chi connectivity index (χ2v) is 7.27. The van der Waals surface area contributed by atoms with E-state index in [-0.39, 0.29) is 11.9 Å². The van der Waals surface area contributed by atoms with Gasteiger partial charge < -0.3 is 9.64 Å². The van der Waals surface area contributed by atoms with Gasteiger partial charge in [-0.05, 0) is 57.5 Å². The Bertz CT molecular complexity index is 842. The lowest BCUT2D eigenvalue weighted by Crippen LogP contribution is -3.13. The van der Waals surface area contributed by atoms with Crippen LogP contribution in [0, 0.1) is 24.5 Å². The molecule has 0 saturated carbocycles. The Kier molecular flexibility index (Phi) is 5.88. The summed E-state index contributed by atoms with van der Waals surface area (Å²) in [5.41, 5.74) is 2.23. The molecule has 26 heavy (non-hydrogen) atoms. The smallest absolute Gasteiger partial charge is 0.314 e. The number of quaternary nitrogens is 1. The number of benzene rings is 1. The van der Waals surface area contributed by atoms with Crippen LogP contribution in [0.15, 0.2) is 24.3 Å². The molecular weight excluding hydrogens is 348 g/mol. The number of esters is 1. The fourth-order valence-corrected chi connectivity index (χ4v) is 4.01. The van der Waals surface area contributed by atoms with Crippen molar-refractivity contribution in [3.63, 3.8) is 0 Å². The van der Waals surface area contributed by atoms with E-state index in [0.29, 0.717) is 18.0 Å². The SMILES string of the molecule is CCOC(=O)[C@@H]1CCC[NH+](Cn2nc(C)n(-c3ccccc3C)c2=S)C1. The third-order valence-electron chi connectivity index (χ3n) is 4.97. The van der Waals surface area contributed by atoms with E-state index in [1.807, 2.05) is 35.2 Å². The van der Waals surface area contributed by atoms with E-state index in [4.69, 9.17) is 17.0 Å². The summed E-state index contributed by atoms with van der Waals surface area (Å²) >= 11 is 5.70. The second kappa shape index (κ2) is 8.14. The van der Waals surface area contributed by atoms with E-state index in [2.05, 4.69) is 24.2 Å². The van der Waals surface area contributed by atoms with Crippen molar-refractivity contribution in [2.45, 2.75) is 40.3 Å². The van der Waals surface area contributed by atoms with E-state index in [0.717, 1.165) is 37.4 Å². The van der Waals surface area contributed by atoms with Crippen LogP contribution in [-0.4, -0.2) is 40.0 Å². The summed E-state index contributed by atoms with van der Waals surface area (Å²) in [7, 11) is 0. The lowest BCUT2D eigenvalue weighted by Gasteiger charge is -2.28. The van der Waals surface area contributed by atoms with Crippen LogP contribution in [0.5, 0.6) is 0 Å². The average Bonchev–Trinajstić information content (AvgIpc) is 2.90. The van der Waals surface area contributed by atoms with Crippen LogP contribution in [0.2, 0.25) is 0 Å². The number of hydrogen-bond acceptors (Lipinski definition) is 4. The van der Waals surface area contributed by atoms with Gasteiger partial charge in [0.05, 0.1) is 25.4 Å². The number of carbonyl (C=O) groups is 1. The average molecular weight is 376 g/mol. The minimum Gasteiger partial charge on any atom is -0.466 e. The largest absolute Gasteiger partial charge is 0.466 e. The summed E-state index contributed by atoms with van der Waals surface area (Å²) in [5, 5.41) is 4.67. The van der Waals surface area contributed by atoms with Crippen LogP contribution < -0.4 is 4.90 Å². The van der Waals surface area contributed by atoms with Crippen molar-refractivity contribution in [2.75, 3.05) is 19.7 Å². The van der Waals surface area contributed by atoms with Crippen LogP contribution in [-0.2, 0) is 16.2 Å². The zero-order valence-electron chi connectivity index (χ0n) is 15.7. The molecule has 7 heteroatoms. The standard InChI is InChI=1S/C19H26N4O2S/c1-4-25-18(24)16-9-7-11-21(12-16)13-22-19(26)23(15(3)20-22)17-10-6-5-8-14(17)2/h5-6,8,10,16H,4,7,9,11-13H2,1-3H3/p+1/t16-/m1/s1. The zero-order valence-corrected chi connectivity index (χ0v) is 16.5. The van der Waals surface area contributed by atoms with E-state index in [1.54, 1.807) is 0 Å². The summed E-state index contributed by atoms with van der Waals surface area (Å²) in [5.74, 6) is 0.782. The number of para-hydroxylation sites is 1. The first kappa shape index (κ1) is 18.8. The Morgan fingerprint density at radius 3 is 2.88 bits per heavy atom. The molecule has 6 nitrogen and oxygen atoms in total. The molecule has 1 aromatic carbocycles. The first-order valence-electron chi connectivity index (χ1n) is 9.24. The predicted octanol–water partition coefficient (Wildman–Crippen LogP) is 1.84. The number of nitrogens with zero attached hydrogens (tertiary/aromatic N) is 3. The van der Waals surface area contributed by atoms with Gasteiger partial charge in [0.25, 0.3) is 0 Å². The Hall–Kier alpha value is -1.99. The van der Waals surface area contributed by atoms with Crippen molar-refractivity contribution in [3.05, 3.63) is 40.4 Å². The molecule has 1 aliphatic heterocycles. The number of likely N-dealkylation sites (tertiary alicyclic amines) is 1. The molecule has 1 saturated heterocycles. The summed E-state index contributed by atoms with van der Waals surface area (Å²) in [4.78, 5) is 13.4. The summed E-state index contributed by atoms with van der Waals surface area (Å²) in [6.45, 7) is 8.82. The molecule has 1 N–H and O–H groups in total. The fraction of sp³-hybridized carbons (Fsp3) is 0.526. The summed E-state index contributed by atoms with van der Waals surface area (Å²) < 4.78 is 9.81. The highest BCUT2D eigenvalue weighted by Crippen LogP contribution is 2.16. The van der Waals surface area contributed by atoms with Gasteiger partial charge in [-0.15, -0.1) is 0 Å². The molecule has 0 bridgehead atoms. The summed E-state index contributed by atoms with van der Waals surface area (Å²) in [6, 6.07) is 8.18. The molecule has 1 fully saturated rings. The maximum atomic E-state index is 12.1. The van der Waals surface area contributed by atoms with Gasteiger partial charge in [0.1, 0.15) is 11.7 Å². The van der Waals surface area contributed by atoms with Crippen LogP contribution >= 0.6 is 12.2 Å². The zero-order chi connectivity index (χ0) is 18.7. The number of hydrogen-bond donors (Lipinski definition) is 1. The molecule has 2 atom stereocenters. The topological polar surface area (TPSA) is 53.5 Å². The highest BCUT2D eigenvalue weighted by molar-refractivity contribution is 7.71. The lowest BCUT2D eigenvalue weighted by molar-refractivity contribution is -0.930. The number of aromatic nitrogens is 3. The Balaban J connectivity index is 1.79. The van der Waals surface area contributed by atoms with Crippen molar-refractivity contribution in [1.82, 2.24) is 14.3 Å². The van der Waals surface area contributed by atoms with Crippen LogP contribution in [0.4, 0.5) is 0 Å². The van der Waals surface area contributed by atoms with E-state index >= 15 is 0 Å². The molecule has 1 aromatic heterocycles. The van der Waals surface area contributed by atoms with Crippen molar-refractivity contribution in [2.24, 2.45) is 5.92 Å². The van der Waals surface area contributed by atoms with Gasteiger partial charge in [-0.1, -0.05) is 18.2 Å². The molecule has 1 aliphatic rings. The third kappa shape index (κ3) is 3.88. The van der Waals surface area contributed by atoms with Crippen LogP contribution in [0.25, 0.3) is 5.69 Å². The van der Waals surface area contributed by atoms with Gasteiger partial charge in [0.2, 0.25) is 4.77 Å². The van der Waals surface area contributed by atoms with Crippen molar-refractivity contribution in [1.29, 1.82) is 0 Å². The molecule has 2 heterocycles. The molecule has 0 amide bonds. The second-order valence-electron chi connectivity index (χ2n) is 6.90. The maximum Gasteiger partial charge on any atom is 0.314 e. The first-order chi connectivity index (χ1) is 12.5. The molecule has 0 radical (unpaired) electrons. The monoisotopic (exact) mass is 375 g/mol. The highest BCUT2D eigenvalue weighted by Gasteiger charge is 2.30. The number of piperidine rings is 1. The van der Waals surface area contributed by atoms with Crippen LogP contribution in [0.3, 0.4) is 0 Å². The Morgan fingerprint density at radius 2 is 2.15 bits per heavy atom. The van der Waals surface area contributed by atoms with Crippen molar-refractivity contribution >= 4 is 18.2 Å². The number of aryl methyl sites for hydroxylation is 2. The van der Waals surface area contributed by atoms with Gasteiger partial charge in [-0.3, -0.25) is 9.36 Å². The number of rotatable bonds is 5.